The zero-order chi connectivity index (χ0) is 13.3. The maximum absolute atomic E-state index is 5.65. The van der Waals surface area contributed by atoms with Gasteiger partial charge in [0.2, 0.25) is 0 Å². The van der Waals surface area contributed by atoms with Gasteiger partial charge in [0.05, 0.1) is 6.10 Å². The summed E-state index contributed by atoms with van der Waals surface area (Å²) < 4.78 is 5.65. The van der Waals surface area contributed by atoms with Gasteiger partial charge in [-0.1, -0.05) is 27.7 Å². The van der Waals surface area contributed by atoms with Gasteiger partial charge in [0.25, 0.3) is 0 Å². The zero-order valence-corrected chi connectivity index (χ0v) is 12.8. The molecule has 0 aromatic heterocycles. The normalized spacial score (nSPS) is 13.9. The summed E-state index contributed by atoms with van der Waals surface area (Å²) in [7, 11) is 0. The van der Waals surface area contributed by atoms with Crippen molar-refractivity contribution in [1.82, 2.24) is 5.32 Å². The Morgan fingerprint density at radius 2 is 1.53 bits per heavy atom. The van der Waals surface area contributed by atoms with E-state index in [2.05, 4.69) is 46.9 Å². The Bertz CT molecular complexity index is 152. The molecule has 0 aliphatic carbocycles. The van der Waals surface area contributed by atoms with Crippen molar-refractivity contribution < 1.29 is 4.74 Å². The van der Waals surface area contributed by atoms with E-state index >= 15 is 0 Å². The summed E-state index contributed by atoms with van der Waals surface area (Å²) in [5.41, 5.74) is 0. The van der Waals surface area contributed by atoms with Crippen LogP contribution in [0.1, 0.15) is 54.4 Å². The molecule has 1 N–H and O–H groups in total. The Morgan fingerprint density at radius 3 is 2.00 bits per heavy atom. The summed E-state index contributed by atoms with van der Waals surface area (Å²) in [5, 5.41) is 3.57. The van der Waals surface area contributed by atoms with Crippen LogP contribution >= 0.6 is 0 Å². The first-order valence-corrected chi connectivity index (χ1v) is 7.24. The number of rotatable bonds is 10. The van der Waals surface area contributed by atoms with Crippen LogP contribution in [0, 0.1) is 17.8 Å². The van der Waals surface area contributed by atoms with Crippen LogP contribution in [-0.2, 0) is 4.74 Å². The second-order valence-corrected chi connectivity index (χ2v) is 6.26. The van der Waals surface area contributed by atoms with E-state index in [1.807, 2.05) is 0 Å². The highest BCUT2D eigenvalue weighted by Gasteiger charge is 2.11. The number of hydrogen-bond acceptors (Lipinski definition) is 2. The lowest BCUT2D eigenvalue weighted by atomic mass is 9.94. The van der Waals surface area contributed by atoms with E-state index in [0.29, 0.717) is 6.10 Å². The molecule has 2 heteroatoms. The lowest BCUT2D eigenvalue weighted by Crippen LogP contribution is -2.28. The largest absolute Gasteiger partial charge is 0.379 e. The van der Waals surface area contributed by atoms with Crippen molar-refractivity contribution in [2.45, 2.75) is 60.5 Å². The van der Waals surface area contributed by atoms with Crippen LogP contribution in [0.4, 0.5) is 0 Å². The fraction of sp³-hybridized carbons (Fsp3) is 1.00. The van der Waals surface area contributed by atoms with Crippen molar-refractivity contribution in [1.29, 1.82) is 0 Å². The van der Waals surface area contributed by atoms with E-state index in [-0.39, 0.29) is 0 Å². The quantitative estimate of drug-likeness (QED) is 0.631. The fourth-order valence-corrected chi connectivity index (χ4v) is 2.02. The average molecular weight is 243 g/mol. The predicted molar refractivity (Wildman–Crippen MR) is 76.4 cm³/mol. The smallest absolute Gasteiger partial charge is 0.0518 e. The molecule has 1 atom stereocenters. The van der Waals surface area contributed by atoms with Crippen molar-refractivity contribution >= 4 is 0 Å². The molecule has 17 heavy (non-hydrogen) atoms. The van der Waals surface area contributed by atoms with Crippen LogP contribution < -0.4 is 5.32 Å². The van der Waals surface area contributed by atoms with Gasteiger partial charge < -0.3 is 10.1 Å². The summed E-state index contributed by atoms with van der Waals surface area (Å²) in [6, 6.07) is 0. The second-order valence-electron chi connectivity index (χ2n) is 6.26. The van der Waals surface area contributed by atoms with Crippen molar-refractivity contribution in [3.8, 4) is 0 Å². The van der Waals surface area contributed by atoms with Crippen molar-refractivity contribution in [2.24, 2.45) is 17.8 Å². The van der Waals surface area contributed by atoms with Gasteiger partial charge in [-0.3, -0.25) is 0 Å². The van der Waals surface area contributed by atoms with E-state index in [4.69, 9.17) is 4.74 Å². The van der Waals surface area contributed by atoms with Gasteiger partial charge in [0.15, 0.2) is 0 Å². The summed E-state index contributed by atoms with van der Waals surface area (Å²) in [5.74, 6) is 2.27. The molecule has 0 heterocycles. The van der Waals surface area contributed by atoms with Crippen LogP contribution in [-0.4, -0.2) is 25.8 Å². The van der Waals surface area contributed by atoms with Crippen LogP contribution in [0.2, 0.25) is 0 Å². The molecule has 0 fully saturated rings. The molecule has 2 nitrogen and oxygen atoms in total. The standard InChI is InChI=1S/C15H33NO/c1-12(2)9-15(7-8-17-14(5)6)11-16-10-13(3)4/h12-16H,7-11H2,1-6H3. The van der Waals surface area contributed by atoms with E-state index in [1.165, 1.54) is 12.8 Å². The van der Waals surface area contributed by atoms with Gasteiger partial charge in [-0.25, -0.2) is 0 Å². The summed E-state index contributed by atoms with van der Waals surface area (Å²) in [6.07, 6.45) is 2.84. The maximum atomic E-state index is 5.65. The lowest BCUT2D eigenvalue weighted by Gasteiger charge is -2.21. The molecule has 0 spiro atoms. The minimum atomic E-state index is 0.360. The zero-order valence-electron chi connectivity index (χ0n) is 12.8. The first-order chi connectivity index (χ1) is 7.91. The minimum Gasteiger partial charge on any atom is -0.379 e. The number of nitrogens with one attached hydrogen (secondary N) is 1. The first-order valence-electron chi connectivity index (χ1n) is 7.24. The molecular formula is C15H33NO. The molecule has 0 amide bonds. The van der Waals surface area contributed by atoms with E-state index < -0.39 is 0 Å². The third-order valence-corrected chi connectivity index (χ3v) is 2.77. The second kappa shape index (κ2) is 9.90. The Hall–Kier alpha value is -0.0800. The van der Waals surface area contributed by atoms with Crippen LogP contribution in [0.15, 0.2) is 0 Å². The molecule has 104 valence electrons. The van der Waals surface area contributed by atoms with Crippen molar-refractivity contribution in [3.05, 3.63) is 0 Å². The average Bonchev–Trinajstić information content (AvgIpc) is 2.15. The van der Waals surface area contributed by atoms with Crippen LogP contribution in [0.25, 0.3) is 0 Å². The molecule has 0 aromatic rings. The third-order valence-electron chi connectivity index (χ3n) is 2.77. The van der Waals surface area contributed by atoms with E-state index in [9.17, 15) is 0 Å². The maximum Gasteiger partial charge on any atom is 0.0518 e. The van der Waals surface area contributed by atoms with Crippen LogP contribution in [0.5, 0.6) is 0 Å². The fourth-order valence-electron chi connectivity index (χ4n) is 2.02. The van der Waals surface area contributed by atoms with Crippen molar-refractivity contribution in [3.63, 3.8) is 0 Å². The van der Waals surface area contributed by atoms with Gasteiger partial charge in [0.1, 0.15) is 0 Å². The molecule has 0 aliphatic rings. The topological polar surface area (TPSA) is 21.3 Å². The predicted octanol–water partition coefficient (Wildman–Crippen LogP) is 3.71. The van der Waals surface area contributed by atoms with Gasteiger partial charge in [-0.2, -0.15) is 0 Å². The van der Waals surface area contributed by atoms with Gasteiger partial charge in [-0.05, 0) is 57.5 Å². The molecule has 1 unspecified atom stereocenters. The summed E-state index contributed by atoms with van der Waals surface area (Å²) >= 11 is 0. The molecular weight excluding hydrogens is 210 g/mol. The molecule has 0 aliphatic heterocycles. The van der Waals surface area contributed by atoms with Gasteiger partial charge in [0, 0.05) is 6.61 Å². The lowest BCUT2D eigenvalue weighted by molar-refractivity contribution is 0.0664. The molecule has 0 saturated heterocycles. The van der Waals surface area contributed by atoms with E-state index in [1.54, 1.807) is 0 Å². The van der Waals surface area contributed by atoms with Gasteiger partial charge >= 0.3 is 0 Å². The molecule has 0 bridgehead atoms. The molecule has 0 aromatic carbocycles. The third kappa shape index (κ3) is 12.2. The Balaban J connectivity index is 3.79. The SMILES string of the molecule is CC(C)CNCC(CCOC(C)C)CC(C)C. The Labute approximate surface area is 109 Å². The number of hydrogen-bond donors (Lipinski definition) is 1. The number of ether oxygens (including phenoxy) is 1. The summed E-state index contributed by atoms with van der Waals surface area (Å²) in [6.45, 7) is 16.5. The van der Waals surface area contributed by atoms with Crippen molar-refractivity contribution in [2.75, 3.05) is 19.7 Å². The first kappa shape index (κ1) is 16.9. The molecule has 0 radical (unpaired) electrons. The molecule has 0 saturated carbocycles. The minimum absolute atomic E-state index is 0.360. The van der Waals surface area contributed by atoms with E-state index in [0.717, 1.165) is 37.5 Å². The Morgan fingerprint density at radius 1 is 0.882 bits per heavy atom. The highest BCUT2D eigenvalue weighted by atomic mass is 16.5. The Kier molecular flexibility index (Phi) is 9.85. The highest BCUT2D eigenvalue weighted by molar-refractivity contribution is 4.65. The molecule has 0 rings (SSSR count). The highest BCUT2D eigenvalue weighted by Crippen LogP contribution is 2.15. The monoisotopic (exact) mass is 243 g/mol. The van der Waals surface area contributed by atoms with Gasteiger partial charge in [-0.15, -0.1) is 0 Å². The van der Waals surface area contributed by atoms with Crippen LogP contribution in [0.3, 0.4) is 0 Å². The summed E-state index contributed by atoms with van der Waals surface area (Å²) in [4.78, 5) is 0.